The van der Waals surface area contributed by atoms with Crippen LogP contribution in [0.15, 0.2) is 71.0 Å². The molecule has 2 aromatic carbocycles. The fourth-order valence-corrected chi connectivity index (χ4v) is 5.57. The van der Waals surface area contributed by atoms with E-state index >= 15 is 4.39 Å². The van der Waals surface area contributed by atoms with Gasteiger partial charge in [0.2, 0.25) is 5.43 Å². The Labute approximate surface area is 251 Å². The van der Waals surface area contributed by atoms with E-state index in [1.54, 1.807) is 35.8 Å². The Morgan fingerprint density at radius 1 is 1.07 bits per heavy atom. The lowest BCUT2D eigenvalue weighted by Gasteiger charge is -2.36. The summed E-state index contributed by atoms with van der Waals surface area (Å²) in [6, 6.07) is 11.5. The lowest BCUT2D eigenvalue weighted by atomic mass is 10.0. The number of carboxylic acid groups (broad SMARTS) is 1. The molecule has 2 aromatic heterocycles. The summed E-state index contributed by atoms with van der Waals surface area (Å²) < 4.78 is 17.2. The molecule has 0 unspecified atom stereocenters. The van der Waals surface area contributed by atoms with Crippen LogP contribution in [0.2, 0.25) is 0 Å². The molecule has 4 aromatic rings. The van der Waals surface area contributed by atoms with Crippen molar-refractivity contribution in [3.63, 3.8) is 0 Å². The Morgan fingerprint density at radius 3 is 2.48 bits per heavy atom. The van der Waals surface area contributed by atoms with E-state index in [2.05, 4.69) is 20.4 Å². The van der Waals surface area contributed by atoms with E-state index in [4.69, 9.17) is 0 Å². The van der Waals surface area contributed by atoms with E-state index in [1.165, 1.54) is 18.6 Å². The first-order chi connectivity index (χ1) is 21.2. The third-order valence-electron chi connectivity index (χ3n) is 8.16. The molecule has 6 rings (SSSR count). The molecule has 0 radical (unpaired) electrons. The number of nitrogens with one attached hydrogen (secondary N) is 1. The number of anilines is 1. The number of piperazine rings is 1. The lowest BCUT2D eigenvalue weighted by molar-refractivity contribution is 0.0694. The number of nitrogens with zero attached hydrogens (tertiary/aromatic N) is 5. The van der Waals surface area contributed by atoms with E-state index in [-0.39, 0.29) is 28.6 Å². The number of para-hydroxylation sites is 1. The van der Waals surface area contributed by atoms with Crippen molar-refractivity contribution in [3.8, 4) is 5.75 Å². The number of amides is 1. The van der Waals surface area contributed by atoms with E-state index in [9.17, 15) is 24.6 Å². The van der Waals surface area contributed by atoms with Gasteiger partial charge in [-0.25, -0.2) is 14.6 Å². The zero-order valence-corrected chi connectivity index (χ0v) is 24.0. The molecule has 0 bridgehead atoms. The van der Waals surface area contributed by atoms with Crippen molar-refractivity contribution in [1.29, 1.82) is 0 Å². The van der Waals surface area contributed by atoms with Gasteiger partial charge in [0.1, 0.15) is 17.1 Å². The molecule has 1 aliphatic carbocycles. The topological polar surface area (TPSA) is 140 Å². The molecule has 0 spiro atoms. The standard InChI is InChI=1S/C32H31FN6O5/c1-19(35-36-31(42)20-7-9-34-10-8-20)23-4-2-3-21(29(23)40)17-37-11-13-38(14-12-37)28-16-27-24(15-26(28)33)30(41)25(32(43)44)18-39(27)22-5-6-22/h2-4,7-10,15-16,18,22,40H,5-6,11-14,17H2,1H3,(H,36,42)(H,43,44)/b35-19-. The molecule has 2 aliphatic rings. The molecule has 2 fully saturated rings. The first-order valence-corrected chi connectivity index (χ1v) is 14.4. The fraction of sp³-hybridized carbons (Fsp3) is 0.281. The Kier molecular flexibility index (Phi) is 7.83. The van der Waals surface area contributed by atoms with Crippen LogP contribution in [0.1, 0.15) is 57.7 Å². The van der Waals surface area contributed by atoms with Gasteiger partial charge >= 0.3 is 5.97 Å². The van der Waals surface area contributed by atoms with Gasteiger partial charge in [-0.05, 0) is 50.1 Å². The van der Waals surface area contributed by atoms with Crippen molar-refractivity contribution in [3.05, 3.63) is 99.3 Å². The summed E-state index contributed by atoms with van der Waals surface area (Å²) in [5, 5.41) is 24.8. The predicted octanol–water partition coefficient (Wildman–Crippen LogP) is 3.75. The first-order valence-electron chi connectivity index (χ1n) is 14.4. The molecule has 3 heterocycles. The summed E-state index contributed by atoms with van der Waals surface area (Å²) in [6.45, 7) is 4.40. The van der Waals surface area contributed by atoms with Crippen molar-refractivity contribution >= 4 is 34.2 Å². The number of phenols is 1. The first kappa shape index (κ1) is 29.0. The van der Waals surface area contributed by atoms with Crippen LogP contribution in [0.3, 0.4) is 0 Å². The Balaban J connectivity index is 1.15. The number of aromatic hydroxyl groups is 1. The highest BCUT2D eigenvalue weighted by Crippen LogP contribution is 2.38. The number of hydrazone groups is 1. The van der Waals surface area contributed by atoms with Gasteiger partial charge in [-0.2, -0.15) is 5.10 Å². The van der Waals surface area contributed by atoms with Gasteiger partial charge in [-0.1, -0.05) is 12.1 Å². The summed E-state index contributed by atoms with van der Waals surface area (Å²) in [4.78, 5) is 44.8. The predicted molar refractivity (Wildman–Crippen MR) is 163 cm³/mol. The number of halogens is 1. The van der Waals surface area contributed by atoms with Crippen LogP contribution >= 0.6 is 0 Å². The molecule has 11 nitrogen and oxygen atoms in total. The number of phenolic OH excluding ortho intramolecular Hbond substituents is 1. The SMILES string of the molecule is C/C(=N/NC(=O)c1ccncc1)c1cccc(CN2CCN(c3cc4c(cc3F)c(=O)c(C(=O)O)cn4C3CC3)CC2)c1O. The average molecular weight is 599 g/mol. The Morgan fingerprint density at radius 2 is 1.80 bits per heavy atom. The molecule has 1 saturated carbocycles. The highest BCUT2D eigenvalue weighted by molar-refractivity contribution is 6.03. The van der Waals surface area contributed by atoms with E-state index < -0.39 is 17.2 Å². The summed E-state index contributed by atoms with van der Waals surface area (Å²) in [7, 11) is 0. The number of hydrogen-bond donors (Lipinski definition) is 3. The molecule has 1 saturated heterocycles. The molecular formula is C32H31FN6O5. The quantitative estimate of drug-likeness (QED) is 0.206. The number of carboxylic acids is 1. The number of carbonyl (C=O) groups is 2. The lowest BCUT2D eigenvalue weighted by Crippen LogP contribution is -2.46. The van der Waals surface area contributed by atoms with Crippen LogP contribution in [-0.4, -0.2) is 68.4 Å². The van der Waals surface area contributed by atoms with Crippen molar-refractivity contribution in [1.82, 2.24) is 19.9 Å². The third-order valence-corrected chi connectivity index (χ3v) is 8.16. The van der Waals surface area contributed by atoms with Crippen molar-refractivity contribution in [2.75, 3.05) is 31.1 Å². The number of pyridine rings is 2. The minimum Gasteiger partial charge on any atom is -0.507 e. The largest absolute Gasteiger partial charge is 0.507 e. The third kappa shape index (κ3) is 5.76. The smallest absolute Gasteiger partial charge is 0.341 e. The molecule has 12 heteroatoms. The molecule has 1 amide bonds. The highest BCUT2D eigenvalue weighted by atomic mass is 19.1. The maximum absolute atomic E-state index is 15.4. The zero-order chi connectivity index (χ0) is 31.0. The average Bonchev–Trinajstić information content (AvgIpc) is 3.87. The minimum absolute atomic E-state index is 0.0720. The summed E-state index contributed by atoms with van der Waals surface area (Å²) in [5.41, 5.74) is 4.45. The van der Waals surface area contributed by atoms with Crippen LogP contribution in [0, 0.1) is 5.82 Å². The van der Waals surface area contributed by atoms with Crippen LogP contribution in [0.5, 0.6) is 5.75 Å². The number of benzene rings is 2. The van der Waals surface area contributed by atoms with E-state index in [0.29, 0.717) is 66.3 Å². The Bertz CT molecular complexity index is 1850. The maximum atomic E-state index is 15.4. The van der Waals surface area contributed by atoms with Gasteiger partial charge in [-0.15, -0.1) is 0 Å². The second kappa shape index (κ2) is 11.9. The fourth-order valence-electron chi connectivity index (χ4n) is 5.57. The van der Waals surface area contributed by atoms with Gasteiger partial charge in [0, 0.05) is 79.4 Å². The summed E-state index contributed by atoms with van der Waals surface area (Å²) >= 11 is 0. The molecule has 1 aliphatic heterocycles. The molecular weight excluding hydrogens is 567 g/mol. The minimum atomic E-state index is -1.32. The second-order valence-corrected chi connectivity index (χ2v) is 11.1. The number of carbonyl (C=O) groups excluding carboxylic acids is 1. The molecule has 0 atom stereocenters. The van der Waals surface area contributed by atoms with Crippen LogP contribution < -0.4 is 15.8 Å². The normalized spacial score (nSPS) is 15.9. The van der Waals surface area contributed by atoms with Gasteiger partial charge < -0.3 is 19.7 Å². The Hall–Kier alpha value is -5.10. The van der Waals surface area contributed by atoms with E-state index in [1.807, 2.05) is 17.0 Å². The number of aromatic carboxylic acids is 1. The van der Waals surface area contributed by atoms with Gasteiger partial charge in [0.05, 0.1) is 16.9 Å². The maximum Gasteiger partial charge on any atom is 0.341 e. The summed E-state index contributed by atoms with van der Waals surface area (Å²) in [5.74, 6) is -2.19. The van der Waals surface area contributed by atoms with Crippen LogP contribution in [0.4, 0.5) is 10.1 Å². The zero-order valence-electron chi connectivity index (χ0n) is 24.0. The molecule has 226 valence electrons. The van der Waals surface area contributed by atoms with Crippen molar-refractivity contribution in [2.24, 2.45) is 5.10 Å². The van der Waals surface area contributed by atoms with Gasteiger partial charge in [-0.3, -0.25) is 19.5 Å². The van der Waals surface area contributed by atoms with Crippen molar-refractivity contribution in [2.45, 2.75) is 32.4 Å². The number of aromatic nitrogens is 2. The number of hydrogen-bond acceptors (Lipinski definition) is 8. The highest BCUT2D eigenvalue weighted by Gasteiger charge is 2.29. The van der Waals surface area contributed by atoms with E-state index in [0.717, 1.165) is 18.9 Å². The van der Waals surface area contributed by atoms with Crippen LogP contribution in [-0.2, 0) is 6.54 Å². The van der Waals surface area contributed by atoms with Gasteiger partial charge in [0.15, 0.2) is 0 Å². The van der Waals surface area contributed by atoms with Crippen LogP contribution in [0.25, 0.3) is 10.9 Å². The van der Waals surface area contributed by atoms with Gasteiger partial charge in [0.25, 0.3) is 5.91 Å². The van der Waals surface area contributed by atoms with Crippen molar-refractivity contribution < 1.29 is 24.2 Å². The number of rotatable bonds is 8. The number of fused-ring (bicyclic) bond motifs is 1. The summed E-state index contributed by atoms with van der Waals surface area (Å²) in [6.07, 6.45) is 6.17. The molecule has 44 heavy (non-hydrogen) atoms. The monoisotopic (exact) mass is 598 g/mol. The second-order valence-electron chi connectivity index (χ2n) is 11.1. The molecule has 3 N–H and O–H groups in total.